The molecule has 0 bridgehead atoms. The molecule has 0 unspecified atom stereocenters. The fourth-order valence-corrected chi connectivity index (χ4v) is 2.37. The molecule has 1 saturated carbocycles. The summed E-state index contributed by atoms with van der Waals surface area (Å²) in [5.74, 6) is 0.757. The first-order valence-electron chi connectivity index (χ1n) is 5.51. The van der Waals surface area contributed by atoms with E-state index in [1.807, 2.05) is 13.8 Å². The first-order chi connectivity index (χ1) is 5.79. The van der Waals surface area contributed by atoms with Crippen LogP contribution in [0.5, 0.6) is 0 Å². The second-order valence-electron chi connectivity index (χ2n) is 6.12. The molecule has 78 valence electrons. The molecule has 0 saturated heterocycles. The van der Waals surface area contributed by atoms with E-state index in [2.05, 4.69) is 13.8 Å². The van der Waals surface area contributed by atoms with Gasteiger partial charge in [-0.15, -0.1) is 0 Å². The minimum atomic E-state index is -0.466. The van der Waals surface area contributed by atoms with Gasteiger partial charge >= 0.3 is 0 Å². The Bertz CT molecular complexity index is 154. The highest BCUT2D eigenvalue weighted by Crippen LogP contribution is 2.40. The van der Waals surface area contributed by atoms with Crippen molar-refractivity contribution in [2.45, 2.75) is 65.4 Å². The lowest BCUT2D eigenvalue weighted by Crippen LogP contribution is -2.28. The van der Waals surface area contributed by atoms with Crippen LogP contribution in [0.15, 0.2) is 0 Å². The van der Waals surface area contributed by atoms with Crippen LogP contribution >= 0.6 is 0 Å². The van der Waals surface area contributed by atoms with E-state index in [1.165, 1.54) is 25.7 Å². The Morgan fingerprint density at radius 1 is 1.23 bits per heavy atom. The van der Waals surface area contributed by atoms with Gasteiger partial charge in [0.25, 0.3) is 0 Å². The zero-order chi connectivity index (χ0) is 10.1. The Hall–Kier alpha value is -0.0400. The molecule has 0 radical (unpaired) electrons. The van der Waals surface area contributed by atoms with E-state index in [0.717, 1.165) is 12.3 Å². The highest BCUT2D eigenvalue weighted by molar-refractivity contribution is 4.81. The molecule has 0 heterocycles. The maximum Gasteiger partial charge on any atom is 0.0594 e. The zero-order valence-electron chi connectivity index (χ0n) is 9.56. The summed E-state index contributed by atoms with van der Waals surface area (Å²) >= 11 is 0. The second kappa shape index (κ2) is 3.61. The van der Waals surface area contributed by atoms with Crippen LogP contribution in [0.2, 0.25) is 0 Å². The van der Waals surface area contributed by atoms with Crippen molar-refractivity contribution >= 4 is 0 Å². The van der Waals surface area contributed by atoms with Gasteiger partial charge in [0.05, 0.1) is 5.60 Å². The molecule has 1 nitrogen and oxygen atoms in total. The van der Waals surface area contributed by atoms with Crippen molar-refractivity contribution in [3.8, 4) is 0 Å². The van der Waals surface area contributed by atoms with Crippen molar-refractivity contribution in [3.05, 3.63) is 0 Å². The van der Waals surface area contributed by atoms with Crippen LogP contribution < -0.4 is 0 Å². The van der Waals surface area contributed by atoms with E-state index in [0.29, 0.717) is 5.41 Å². The molecule has 0 spiro atoms. The average molecular weight is 184 g/mol. The van der Waals surface area contributed by atoms with E-state index in [-0.39, 0.29) is 0 Å². The molecule has 0 amide bonds. The first-order valence-corrected chi connectivity index (χ1v) is 5.51. The van der Waals surface area contributed by atoms with Gasteiger partial charge in [0.15, 0.2) is 0 Å². The maximum absolute atomic E-state index is 9.70. The first kappa shape index (κ1) is 11.0. The van der Waals surface area contributed by atoms with Gasteiger partial charge in [-0.25, -0.2) is 0 Å². The highest BCUT2D eigenvalue weighted by atomic mass is 16.3. The van der Waals surface area contributed by atoms with Gasteiger partial charge in [-0.05, 0) is 57.3 Å². The lowest BCUT2D eigenvalue weighted by molar-refractivity contribution is 0.0364. The lowest BCUT2D eigenvalue weighted by Gasteiger charge is -2.36. The monoisotopic (exact) mass is 184 g/mol. The van der Waals surface area contributed by atoms with E-state index >= 15 is 0 Å². The quantitative estimate of drug-likeness (QED) is 0.697. The van der Waals surface area contributed by atoms with Crippen LogP contribution in [0.4, 0.5) is 0 Å². The highest BCUT2D eigenvalue weighted by Gasteiger charge is 2.29. The Balaban J connectivity index is 2.34. The normalized spacial score (nSPS) is 24.7. The molecule has 1 aliphatic carbocycles. The Morgan fingerprint density at radius 2 is 1.69 bits per heavy atom. The van der Waals surface area contributed by atoms with Gasteiger partial charge in [0.1, 0.15) is 0 Å². The molecule has 1 rings (SSSR count). The third-order valence-electron chi connectivity index (χ3n) is 3.25. The fourth-order valence-electron chi connectivity index (χ4n) is 2.37. The van der Waals surface area contributed by atoms with Crippen LogP contribution in [0.1, 0.15) is 59.8 Å². The third kappa shape index (κ3) is 4.12. The molecule has 1 heteroatoms. The maximum atomic E-state index is 9.70. The third-order valence-corrected chi connectivity index (χ3v) is 3.25. The molecule has 13 heavy (non-hydrogen) atoms. The summed E-state index contributed by atoms with van der Waals surface area (Å²) in [4.78, 5) is 0. The number of hydrogen-bond donors (Lipinski definition) is 1. The molecule has 1 N–H and O–H groups in total. The summed E-state index contributed by atoms with van der Waals surface area (Å²) in [5, 5.41) is 9.70. The smallest absolute Gasteiger partial charge is 0.0594 e. The average Bonchev–Trinajstić information content (AvgIpc) is 1.91. The molecular formula is C12H24O. The van der Waals surface area contributed by atoms with Gasteiger partial charge < -0.3 is 5.11 Å². The van der Waals surface area contributed by atoms with Crippen LogP contribution in [0.25, 0.3) is 0 Å². The molecule has 1 fully saturated rings. The van der Waals surface area contributed by atoms with Crippen LogP contribution in [-0.2, 0) is 0 Å². The predicted octanol–water partition coefficient (Wildman–Crippen LogP) is 3.36. The topological polar surface area (TPSA) is 20.2 Å². The number of rotatable bonds is 2. The summed E-state index contributed by atoms with van der Waals surface area (Å²) in [6.07, 6.45) is 6.23. The number of hydrogen-bond acceptors (Lipinski definition) is 1. The molecule has 0 aromatic carbocycles. The van der Waals surface area contributed by atoms with E-state index in [1.54, 1.807) is 0 Å². The predicted molar refractivity (Wildman–Crippen MR) is 56.7 cm³/mol. The summed E-state index contributed by atoms with van der Waals surface area (Å²) in [6, 6.07) is 0. The van der Waals surface area contributed by atoms with Crippen LogP contribution in [0.3, 0.4) is 0 Å². The summed E-state index contributed by atoms with van der Waals surface area (Å²) in [7, 11) is 0. The van der Waals surface area contributed by atoms with Crippen molar-refractivity contribution < 1.29 is 5.11 Å². The Labute approximate surface area is 82.5 Å². The molecule has 0 aromatic rings. The van der Waals surface area contributed by atoms with E-state index in [9.17, 15) is 5.11 Å². The Kier molecular flexibility index (Phi) is 3.06. The van der Waals surface area contributed by atoms with Gasteiger partial charge in [0, 0.05) is 0 Å². The van der Waals surface area contributed by atoms with Crippen molar-refractivity contribution in [1.82, 2.24) is 0 Å². The lowest BCUT2D eigenvalue weighted by atomic mass is 9.71. The molecular weight excluding hydrogens is 160 g/mol. The van der Waals surface area contributed by atoms with Crippen molar-refractivity contribution in [1.29, 1.82) is 0 Å². The molecule has 0 atom stereocenters. The van der Waals surface area contributed by atoms with E-state index in [4.69, 9.17) is 0 Å². The summed E-state index contributed by atoms with van der Waals surface area (Å²) < 4.78 is 0. The molecule has 1 aliphatic rings. The van der Waals surface area contributed by atoms with Gasteiger partial charge in [-0.1, -0.05) is 13.8 Å². The van der Waals surface area contributed by atoms with Crippen LogP contribution in [-0.4, -0.2) is 10.7 Å². The standard InChI is InChI=1S/C12H24O/c1-11(2)7-5-10(6-8-11)9-12(3,4)13/h10,13H,5-9H2,1-4H3. The largest absolute Gasteiger partial charge is 0.390 e. The van der Waals surface area contributed by atoms with E-state index < -0.39 is 5.60 Å². The van der Waals surface area contributed by atoms with Gasteiger partial charge in [0.2, 0.25) is 0 Å². The SMILES string of the molecule is CC(C)(O)CC1CCC(C)(C)CC1. The second-order valence-corrected chi connectivity index (χ2v) is 6.12. The summed E-state index contributed by atoms with van der Waals surface area (Å²) in [6.45, 7) is 8.56. The zero-order valence-corrected chi connectivity index (χ0v) is 9.56. The number of aliphatic hydroxyl groups is 1. The van der Waals surface area contributed by atoms with Gasteiger partial charge in [-0.3, -0.25) is 0 Å². The fraction of sp³-hybridized carbons (Fsp3) is 1.00. The molecule has 0 aromatic heterocycles. The Morgan fingerprint density at radius 3 is 2.08 bits per heavy atom. The van der Waals surface area contributed by atoms with Crippen molar-refractivity contribution in [3.63, 3.8) is 0 Å². The molecule has 0 aliphatic heterocycles. The summed E-state index contributed by atoms with van der Waals surface area (Å²) in [5.41, 5.74) is 0.0856. The minimum absolute atomic E-state index is 0.466. The van der Waals surface area contributed by atoms with Crippen LogP contribution in [0, 0.1) is 11.3 Å². The minimum Gasteiger partial charge on any atom is -0.390 e. The van der Waals surface area contributed by atoms with Crippen molar-refractivity contribution in [2.24, 2.45) is 11.3 Å². The van der Waals surface area contributed by atoms with Crippen molar-refractivity contribution in [2.75, 3.05) is 0 Å². The van der Waals surface area contributed by atoms with Gasteiger partial charge in [-0.2, -0.15) is 0 Å².